The number of carbonyl (C=O) groups is 1. The molecule has 1 fully saturated rings. The molecule has 0 saturated carbocycles. The normalized spacial score (nSPS) is 18.0. The molecule has 0 radical (unpaired) electrons. The van der Waals surface area contributed by atoms with Gasteiger partial charge in [-0.25, -0.2) is 9.07 Å². The zero-order valence-corrected chi connectivity index (χ0v) is 13.5. The lowest BCUT2D eigenvalue weighted by Crippen LogP contribution is -2.40. The van der Waals surface area contributed by atoms with Gasteiger partial charge in [-0.05, 0) is 53.0 Å². The Morgan fingerprint density at radius 2 is 2.14 bits per heavy atom. The summed E-state index contributed by atoms with van der Waals surface area (Å²) < 4.78 is 15.2. The van der Waals surface area contributed by atoms with Crippen LogP contribution in [0.1, 0.15) is 23.3 Å². The molecule has 2 N–H and O–H groups in total. The van der Waals surface area contributed by atoms with Gasteiger partial charge in [-0.1, -0.05) is 0 Å². The highest BCUT2D eigenvalue weighted by Gasteiger charge is 2.31. The molecule has 7 heteroatoms. The summed E-state index contributed by atoms with van der Waals surface area (Å²) in [5, 5.41) is 4.34. The fourth-order valence-corrected chi connectivity index (χ4v) is 3.15. The second-order valence-corrected chi connectivity index (χ2v) is 6.13. The van der Waals surface area contributed by atoms with Crippen molar-refractivity contribution in [3.05, 3.63) is 46.4 Å². The van der Waals surface area contributed by atoms with E-state index in [-0.39, 0.29) is 17.8 Å². The molecule has 22 heavy (non-hydrogen) atoms. The average Bonchev–Trinajstić information content (AvgIpc) is 3.13. The van der Waals surface area contributed by atoms with Crippen molar-refractivity contribution in [3.8, 4) is 5.69 Å². The molecule has 1 aliphatic heterocycles. The van der Waals surface area contributed by atoms with Crippen molar-refractivity contribution in [2.24, 2.45) is 5.73 Å². The van der Waals surface area contributed by atoms with Crippen LogP contribution >= 0.6 is 15.9 Å². The number of likely N-dealkylation sites (tertiary alicyclic amines) is 1. The van der Waals surface area contributed by atoms with Gasteiger partial charge >= 0.3 is 0 Å². The highest BCUT2D eigenvalue weighted by Crippen LogP contribution is 2.24. The lowest BCUT2D eigenvalue weighted by Gasteiger charge is -2.22. The predicted octanol–water partition coefficient (Wildman–Crippen LogP) is 2.34. The smallest absolute Gasteiger partial charge is 0.275 e. The molecule has 1 aliphatic rings. The van der Waals surface area contributed by atoms with E-state index in [0.29, 0.717) is 28.9 Å². The van der Waals surface area contributed by atoms with Gasteiger partial charge in [0, 0.05) is 25.3 Å². The van der Waals surface area contributed by atoms with E-state index in [1.807, 2.05) is 0 Å². The first-order valence-electron chi connectivity index (χ1n) is 7.12. The van der Waals surface area contributed by atoms with E-state index in [9.17, 15) is 9.18 Å². The second-order valence-electron chi connectivity index (χ2n) is 5.28. The summed E-state index contributed by atoms with van der Waals surface area (Å²) >= 11 is 3.38. The van der Waals surface area contributed by atoms with E-state index in [1.54, 1.807) is 27.9 Å². The molecule has 1 saturated heterocycles. The van der Waals surface area contributed by atoms with Crippen molar-refractivity contribution in [2.45, 2.75) is 18.9 Å². The maximum atomic E-state index is 13.0. The van der Waals surface area contributed by atoms with Gasteiger partial charge in [0.1, 0.15) is 5.82 Å². The largest absolute Gasteiger partial charge is 0.333 e. The lowest BCUT2D eigenvalue weighted by atomic mass is 10.2. The van der Waals surface area contributed by atoms with Crippen LogP contribution in [0.3, 0.4) is 0 Å². The minimum Gasteiger partial charge on any atom is -0.333 e. The average molecular weight is 367 g/mol. The fraction of sp³-hybridized carbons (Fsp3) is 0.333. The number of carbonyl (C=O) groups excluding carboxylic acids is 1. The van der Waals surface area contributed by atoms with Crippen LogP contribution in [0.2, 0.25) is 0 Å². The molecule has 1 aromatic heterocycles. The third kappa shape index (κ3) is 2.78. The van der Waals surface area contributed by atoms with Gasteiger partial charge in [0.15, 0.2) is 5.69 Å². The van der Waals surface area contributed by atoms with Crippen LogP contribution in [0.5, 0.6) is 0 Å². The Hall–Kier alpha value is -1.73. The number of nitrogens with zero attached hydrogens (tertiary/aromatic N) is 3. The van der Waals surface area contributed by atoms with E-state index in [2.05, 4.69) is 21.0 Å². The Kier molecular flexibility index (Phi) is 4.26. The Labute approximate surface area is 136 Å². The molecule has 0 bridgehead atoms. The minimum absolute atomic E-state index is 0.0790. The van der Waals surface area contributed by atoms with E-state index in [4.69, 9.17) is 5.73 Å². The van der Waals surface area contributed by atoms with Crippen molar-refractivity contribution < 1.29 is 9.18 Å². The Morgan fingerprint density at radius 1 is 1.41 bits per heavy atom. The zero-order valence-electron chi connectivity index (χ0n) is 11.9. The van der Waals surface area contributed by atoms with E-state index in [1.165, 1.54) is 12.1 Å². The molecule has 1 amide bonds. The summed E-state index contributed by atoms with van der Waals surface area (Å²) in [5.74, 6) is -0.435. The molecule has 1 atom stereocenters. The second kappa shape index (κ2) is 6.18. The number of hydrogen-bond donors (Lipinski definition) is 1. The first kappa shape index (κ1) is 15.2. The zero-order chi connectivity index (χ0) is 15.7. The number of aromatic nitrogens is 2. The molecule has 116 valence electrons. The van der Waals surface area contributed by atoms with Gasteiger partial charge in [0.25, 0.3) is 5.91 Å². The van der Waals surface area contributed by atoms with Crippen LogP contribution in [0.25, 0.3) is 5.69 Å². The molecular formula is C15H16BrFN4O. The maximum Gasteiger partial charge on any atom is 0.275 e. The van der Waals surface area contributed by atoms with Crippen LogP contribution in [-0.2, 0) is 0 Å². The first-order chi connectivity index (χ1) is 10.6. The van der Waals surface area contributed by atoms with Crippen LogP contribution in [0, 0.1) is 5.82 Å². The molecular weight excluding hydrogens is 351 g/mol. The third-order valence-corrected chi connectivity index (χ3v) is 4.45. The van der Waals surface area contributed by atoms with Crippen molar-refractivity contribution in [1.82, 2.24) is 14.7 Å². The summed E-state index contributed by atoms with van der Waals surface area (Å²) in [5.41, 5.74) is 6.77. The van der Waals surface area contributed by atoms with Crippen molar-refractivity contribution in [2.75, 3.05) is 13.1 Å². The van der Waals surface area contributed by atoms with E-state index < -0.39 is 0 Å². The Balaban J connectivity index is 1.89. The van der Waals surface area contributed by atoms with Gasteiger partial charge in [-0.2, -0.15) is 5.10 Å². The topological polar surface area (TPSA) is 64.2 Å². The number of halogens is 2. The number of rotatable bonds is 3. The highest BCUT2D eigenvalue weighted by molar-refractivity contribution is 9.10. The standard InChI is InChI=1S/C15H16BrFN4O/c16-13-9-21(11-5-3-10(17)4-6-11)19-14(13)15(22)20-7-1-2-12(20)8-18/h3-6,9,12H,1-2,7-8,18H2. The molecule has 1 unspecified atom stereocenters. The highest BCUT2D eigenvalue weighted by atomic mass is 79.9. The predicted molar refractivity (Wildman–Crippen MR) is 84.3 cm³/mol. The Morgan fingerprint density at radius 3 is 2.82 bits per heavy atom. The number of hydrogen-bond acceptors (Lipinski definition) is 3. The van der Waals surface area contributed by atoms with Crippen LogP contribution in [0.4, 0.5) is 4.39 Å². The van der Waals surface area contributed by atoms with Crippen LogP contribution in [-0.4, -0.2) is 39.7 Å². The third-order valence-electron chi connectivity index (χ3n) is 3.87. The van der Waals surface area contributed by atoms with Crippen molar-refractivity contribution in [1.29, 1.82) is 0 Å². The Bertz CT molecular complexity index is 685. The summed E-state index contributed by atoms with van der Waals surface area (Å²) in [7, 11) is 0. The summed E-state index contributed by atoms with van der Waals surface area (Å²) in [6.07, 6.45) is 3.59. The van der Waals surface area contributed by atoms with Gasteiger partial charge in [-0.3, -0.25) is 4.79 Å². The number of benzene rings is 1. The van der Waals surface area contributed by atoms with Gasteiger partial charge in [0.05, 0.1) is 10.2 Å². The van der Waals surface area contributed by atoms with Crippen LogP contribution < -0.4 is 5.73 Å². The first-order valence-corrected chi connectivity index (χ1v) is 7.91. The van der Waals surface area contributed by atoms with E-state index >= 15 is 0 Å². The molecule has 0 spiro atoms. The minimum atomic E-state index is -0.311. The maximum absolute atomic E-state index is 13.0. The van der Waals surface area contributed by atoms with Gasteiger partial charge in [0.2, 0.25) is 0 Å². The molecule has 1 aromatic carbocycles. The molecule has 2 heterocycles. The summed E-state index contributed by atoms with van der Waals surface area (Å²) in [6, 6.07) is 6.02. The van der Waals surface area contributed by atoms with Gasteiger partial charge < -0.3 is 10.6 Å². The number of nitrogens with two attached hydrogens (primary N) is 1. The SMILES string of the molecule is NCC1CCCN1C(=O)c1nn(-c2ccc(F)cc2)cc1Br. The van der Waals surface area contributed by atoms with Crippen molar-refractivity contribution >= 4 is 21.8 Å². The van der Waals surface area contributed by atoms with Gasteiger partial charge in [-0.15, -0.1) is 0 Å². The number of amides is 1. The van der Waals surface area contributed by atoms with E-state index in [0.717, 1.165) is 12.8 Å². The quantitative estimate of drug-likeness (QED) is 0.906. The molecule has 0 aliphatic carbocycles. The summed E-state index contributed by atoms with van der Waals surface area (Å²) in [4.78, 5) is 14.4. The molecule has 3 rings (SSSR count). The monoisotopic (exact) mass is 366 g/mol. The van der Waals surface area contributed by atoms with Crippen molar-refractivity contribution in [3.63, 3.8) is 0 Å². The van der Waals surface area contributed by atoms with Crippen LogP contribution in [0.15, 0.2) is 34.9 Å². The molecule has 5 nitrogen and oxygen atoms in total. The lowest BCUT2D eigenvalue weighted by molar-refractivity contribution is 0.0734. The fourth-order valence-electron chi connectivity index (χ4n) is 2.71. The molecule has 2 aromatic rings. The summed E-state index contributed by atoms with van der Waals surface area (Å²) in [6.45, 7) is 1.17.